The van der Waals surface area contributed by atoms with Crippen LogP contribution in [0.2, 0.25) is 0 Å². The Labute approximate surface area is 167 Å². The van der Waals surface area contributed by atoms with Crippen LogP contribution in [0.3, 0.4) is 0 Å². The maximum absolute atomic E-state index is 12.2. The summed E-state index contributed by atoms with van der Waals surface area (Å²) in [5.41, 5.74) is 3.08. The van der Waals surface area contributed by atoms with E-state index >= 15 is 0 Å². The van der Waals surface area contributed by atoms with E-state index in [9.17, 15) is 4.79 Å². The minimum absolute atomic E-state index is 0. The summed E-state index contributed by atoms with van der Waals surface area (Å²) < 4.78 is 5.57. The van der Waals surface area contributed by atoms with E-state index in [0.717, 1.165) is 43.1 Å². The number of para-hydroxylation sites is 1. The third kappa shape index (κ3) is 5.01. The first-order valence-electron chi connectivity index (χ1n) is 8.98. The van der Waals surface area contributed by atoms with Gasteiger partial charge in [0.2, 0.25) is 0 Å². The molecule has 0 aromatic heterocycles. The number of rotatable bonds is 5. The van der Waals surface area contributed by atoms with Gasteiger partial charge in [0.25, 0.3) is 5.91 Å². The van der Waals surface area contributed by atoms with Crippen molar-refractivity contribution >= 4 is 18.3 Å². The Bertz CT molecular complexity index is 767. The second kappa shape index (κ2) is 9.74. The van der Waals surface area contributed by atoms with E-state index < -0.39 is 0 Å². The van der Waals surface area contributed by atoms with Crippen LogP contribution in [-0.4, -0.2) is 56.5 Å². The van der Waals surface area contributed by atoms with Gasteiger partial charge in [-0.2, -0.15) is 0 Å². The summed E-state index contributed by atoms with van der Waals surface area (Å²) in [6, 6.07) is 16.4. The van der Waals surface area contributed by atoms with Gasteiger partial charge in [-0.05, 0) is 23.8 Å². The highest BCUT2D eigenvalue weighted by Gasteiger charge is 2.26. The molecule has 2 aromatic rings. The first-order chi connectivity index (χ1) is 12.6. The number of hydrogen-bond acceptors (Lipinski definition) is 4. The summed E-state index contributed by atoms with van der Waals surface area (Å²) >= 11 is 0. The largest absolute Gasteiger partial charge is 0.496 e. The normalized spacial score (nSPS) is 17.1. The predicted molar refractivity (Wildman–Crippen MR) is 111 cm³/mol. The third-order valence-electron chi connectivity index (χ3n) is 4.82. The standard InChI is InChI=1S/C21H27N3O2.ClH/c1-23(2)21(25)17-8-6-7-16(13-17)15-24-12-11-22-14-19(24)18-9-4-5-10-20(18)26-3;/h4-10,13,19,22H,11-12,14-15H2,1-3H3;1H. The van der Waals surface area contributed by atoms with Gasteiger partial charge in [0, 0.05) is 51.4 Å². The van der Waals surface area contributed by atoms with Crippen molar-refractivity contribution in [1.82, 2.24) is 15.1 Å². The topological polar surface area (TPSA) is 44.8 Å². The number of nitrogens with one attached hydrogen (secondary N) is 1. The molecule has 1 amide bonds. The molecule has 3 rings (SSSR count). The average Bonchev–Trinajstić information content (AvgIpc) is 2.68. The van der Waals surface area contributed by atoms with Crippen molar-refractivity contribution in [3.8, 4) is 5.75 Å². The van der Waals surface area contributed by atoms with Crippen LogP contribution in [0.4, 0.5) is 0 Å². The molecule has 1 atom stereocenters. The highest BCUT2D eigenvalue weighted by molar-refractivity contribution is 5.94. The molecule has 5 nitrogen and oxygen atoms in total. The van der Waals surface area contributed by atoms with Gasteiger partial charge in [0.05, 0.1) is 13.2 Å². The molecule has 0 saturated carbocycles. The van der Waals surface area contributed by atoms with E-state index in [1.807, 2.05) is 30.3 Å². The number of methoxy groups -OCH3 is 1. The number of amides is 1. The Morgan fingerprint density at radius 3 is 2.74 bits per heavy atom. The second-order valence-electron chi connectivity index (χ2n) is 6.83. The molecule has 146 valence electrons. The Kier molecular flexibility index (Phi) is 7.66. The molecule has 1 N–H and O–H groups in total. The Balaban J connectivity index is 0.00000261. The van der Waals surface area contributed by atoms with Crippen molar-refractivity contribution in [1.29, 1.82) is 0 Å². The minimum atomic E-state index is 0. The first kappa shape index (κ1) is 21.2. The molecule has 0 bridgehead atoms. The van der Waals surface area contributed by atoms with Crippen LogP contribution in [0.1, 0.15) is 27.5 Å². The maximum Gasteiger partial charge on any atom is 0.253 e. The Hall–Kier alpha value is -2.08. The molecule has 1 saturated heterocycles. The zero-order chi connectivity index (χ0) is 18.5. The number of ether oxygens (including phenoxy) is 1. The molecule has 27 heavy (non-hydrogen) atoms. The molecule has 1 fully saturated rings. The molecular formula is C21H28ClN3O2. The smallest absolute Gasteiger partial charge is 0.253 e. The van der Waals surface area contributed by atoms with Gasteiger partial charge in [0.1, 0.15) is 5.75 Å². The van der Waals surface area contributed by atoms with E-state index in [1.54, 1.807) is 26.1 Å². The van der Waals surface area contributed by atoms with Crippen LogP contribution in [0.5, 0.6) is 5.75 Å². The van der Waals surface area contributed by atoms with E-state index in [2.05, 4.69) is 28.4 Å². The monoisotopic (exact) mass is 389 g/mol. The number of carbonyl (C=O) groups is 1. The fourth-order valence-electron chi connectivity index (χ4n) is 3.48. The zero-order valence-electron chi connectivity index (χ0n) is 16.1. The van der Waals surface area contributed by atoms with Crippen LogP contribution >= 0.6 is 12.4 Å². The lowest BCUT2D eigenvalue weighted by Gasteiger charge is -2.37. The fraction of sp³-hybridized carbons (Fsp3) is 0.381. The summed E-state index contributed by atoms with van der Waals surface area (Å²) in [5.74, 6) is 0.955. The second-order valence-corrected chi connectivity index (χ2v) is 6.83. The van der Waals surface area contributed by atoms with Crippen LogP contribution in [0, 0.1) is 0 Å². The highest BCUT2D eigenvalue weighted by atomic mass is 35.5. The molecule has 2 aromatic carbocycles. The van der Waals surface area contributed by atoms with Gasteiger partial charge in [0.15, 0.2) is 0 Å². The quantitative estimate of drug-likeness (QED) is 0.853. The van der Waals surface area contributed by atoms with Gasteiger partial charge in [-0.25, -0.2) is 0 Å². The average molecular weight is 390 g/mol. The summed E-state index contributed by atoms with van der Waals surface area (Å²) in [4.78, 5) is 16.3. The summed E-state index contributed by atoms with van der Waals surface area (Å²) in [6.45, 7) is 3.60. The molecule has 1 aliphatic heterocycles. The lowest BCUT2D eigenvalue weighted by Crippen LogP contribution is -2.45. The minimum Gasteiger partial charge on any atom is -0.496 e. The molecule has 0 spiro atoms. The molecule has 1 heterocycles. The van der Waals surface area contributed by atoms with Crippen molar-refractivity contribution in [3.63, 3.8) is 0 Å². The van der Waals surface area contributed by atoms with Gasteiger partial charge in [-0.1, -0.05) is 30.3 Å². The Morgan fingerprint density at radius 1 is 1.22 bits per heavy atom. The van der Waals surface area contributed by atoms with Gasteiger partial charge >= 0.3 is 0 Å². The van der Waals surface area contributed by atoms with Crippen molar-refractivity contribution in [2.24, 2.45) is 0 Å². The lowest BCUT2D eigenvalue weighted by atomic mass is 10.0. The molecular weight excluding hydrogens is 362 g/mol. The van der Waals surface area contributed by atoms with E-state index in [1.165, 1.54) is 5.56 Å². The molecule has 0 radical (unpaired) electrons. The summed E-state index contributed by atoms with van der Waals surface area (Å²) in [5, 5.41) is 3.49. The van der Waals surface area contributed by atoms with Crippen LogP contribution in [-0.2, 0) is 6.54 Å². The molecule has 1 aliphatic rings. The number of halogens is 1. The summed E-state index contributed by atoms with van der Waals surface area (Å²) in [7, 11) is 5.28. The fourth-order valence-corrected chi connectivity index (χ4v) is 3.48. The van der Waals surface area contributed by atoms with Gasteiger partial charge < -0.3 is 15.0 Å². The van der Waals surface area contributed by atoms with E-state index in [0.29, 0.717) is 0 Å². The van der Waals surface area contributed by atoms with Crippen LogP contribution in [0.15, 0.2) is 48.5 Å². The molecule has 0 aliphatic carbocycles. The van der Waals surface area contributed by atoms with Crippen LogP contribution < -0.4 is 10.1 Å². The zero-order valence-corrected chi connectivity index (χ0v) is 17.0. The number of carbonyl (C=O) groups excluding carboxylic acids is 1. The van der Waals surface area contributed by atoms with Gasteiger partial charge in [-0.3, -0.25) is 9.69 Å². The number of hydrogen-bond donors (Lipinski definition) is 1. The SMILES string of the molecule is COc1ccccc1C1CNCCN1Cc1cccc(C(=O)N(C)C)c1.Cl. The maximum atomic E-state index is 12.2. The summed E-state index contributed by atoms with van der Waals surface area (Å²) in [6.07, 6.45) is 0. The number of nitrogens with zero attached hydrogens (tertiary/aromatic N) is 2. The van der Waals surface area contributed by atoms with Gasteiger partial charge in [-0.15, -0.1) is 12.4 Å². The number of piperazine rings is 1. The highest BCUT2D eigenvalue weighted by Crippen LogP contribution is 2.31. The van der Waals surface area contributed by atoms with Crippen molar-refractivity contribution in [2.45, 2.75) is 12.6 Å². The van der Waals surface area contributed by atoms with Crippen molar-refractivity contribution in [2.75, 3.05) is 40.8 Å². The lowest BCUT2D eigenvalue weighted by molar-refractivity contribution is 0.0827. The van der Waals surface area contributed by atoms with Crippen LogP contribution in [0.25, 0.3) is 0 Å². The number of benzene rings is 2. The van der Waals surface area contributed by atoms with Crippen molar-refractivity contribution in [3.05, 3.63) is 65.2 Å². The molecule has 6 heteroatoms. The third-order valence-corrected chi connectivity index (χ3v) is 4.82. The molecule has 1 unspecified atom stereocenters. The van der Waals surface area contributed by atoms with E-state index in [4.69, 9.17) is 4.74 Å². The van der Waals surface area contributed by atoms with Crippen molar-refractivity contribution < 1.29 is 9.53 Å². The van der Waals surface area contributed by atoms with E-state index in [-0.39, 0.29) is 24.4 Å². The first-order valence-corrected chi connectivity index (χ1v) is 8.98. The predicted octanol–water partition coefficient (Wildman–Crippen LogP) is 2.97. The Morgan fingerprint density at radius 2 is 2.00 bits per heavy atom.